The Kier molecular flexibility index (Phi) is 2.22. The molecule has 0 aliphatic carbocycles. The van der Waals surface area contributed by atoms with Crippen molar-refractivity contribution in [2.75, 3.05) is 0 Å². The van der Waals surface area contributed by atoms with Crippen LogP contribution in [0, 0.1) is 20.8 Å². The highest BCUT2D eigenvalue weighted by atomic mass is 16.3. The predicted octanol–water partition coefficient (Wildman–Crippen LogP) is -0.0949. The smallest absolute Gasteiger partial charge is 0.119 e. The molecule has 1 aromatic carbocycles. The van der Waals surface area contributed by atoms with Crippen molar-refractivity contribution < 1.29 is 5.11 Å². The maximum atomic E-state index is 9.51. The Hall–Kier alpha value is -0.850. The van der Waals surface area contributed by atoms with Gasteiger partial charge in [0.2, 0.25) is 0 Å². The Morgan fingerprint density at radius 2 is 1.33 bits per heavy atom. The normalized spacial score (nSPS) is 10.2. The van der Waals surface area contributed by atoms with Crippen LogP contribution in [0.15, 0.2) is 0 Å². The van der Waals surface area contributed by atoms with E-state index in [-0.39, 0.29) is 5.75 Å². The lowest BCUT2D eigenvalue weighted by molar-refractivity contribution is 0.475. The molecule has 58 valence electrons. The Morgan fingerprint density at radius 3 is 1.83 bits per heavy atom. The van der Waals surface area contributed by atoms with Crippen LogP contribution in [0.2, 0.25) is 0 Å². The Morgan fingerprint density at radius 1 is 0.833 bits per heavy atom. The number of phenolic OH excluding ortho intramolecular Hbond substituents is 1. The van der Waals surface area contributed by atoms with Gasteiger partial charge in [0.1, 0.15) is 21.4 Å². The molecule has 0 unspecified atom stereocenters. The van der Waals surface area contributed by atoms with Crippen LogP contribution in [0.3, 0.4) is 0 Å². The monoisotopic (exact) mass is 156 g/mol. The minimum absolute atomic E-state index is 0.152. The zero-order valence-corrected chi connectivity index (χ0v) is 7.60. The molecule has 0 heterocycles. The number of aromatic hydroxyl groups is 1. The van der Waals surface area contributed by atoms with E-state index in [4.69, 9.17) is 15.7 Å². The average molecular weight is 156 g/mol. The molecule has 1 nitrogen and oxygen atoms in total. The number of phenols is 1. The maximum absolute atomic E-state index is 9.51. The zero-order valence-electron chi connectivity index (χ0n) is 7.60. The van der Waals surface area contributed by atoms with Crippen LogP contribution in [-0.2, 0) is 0 Å². The predicted molar refractivity (Wildman–Crippen MR) is 53.1 cm³/mol. The van der Waals surface area contributed by atoms with E-state index in [9.17, 15) is 5.11 Å². The second-order valence-electron chi connectivity index (χ2n) is 3.05. The van der Waals surface area contributed by atoms with Gasteiger partial charge in [0.05, 0.1) is 0 Å². The Bertz CT molecular complexity index is 227. The third-order valence-corrected chi connectivity index (χ3v) is 2.38. The molecule has 1 rings (SSSR count). The highest BCUT2D eigenvalue weighted by Gasteiger charge is 2.09. The van der Waals surface area contributed by atoms with Gasteiger partial charge in [-0.1, -0.05) is 22.1 Å². The number of rotatable bonds is 0. The van der Waals surface area contributed by atoms with Crippen LogP contribution in [0.1, 0.15) is 16.7 Å². The largest absolute Gasteiger partial charge is 0.508 e. The average Bonchev–Trinajstić information content (AvgIpc) is 2.08. The number of hydrogen-bond donors (Lipinski definition) is 1. The van der Waals surface area contributed by atoms with Crippen molar-refractivity contribution in [1.82, 2.24) is 0 Å². The second kappa shape index (κ2) is 2.89. The lowest BCUT2D eigenvalue weighted by Crippen LogP contribution is -2.24. The van der Waals surface area contributed by atoms with E-state index in [1.165, 1.54) is 0 Å². The van der Waals surface area contributed by atoms with E-state index in [0.717, 1.165) is 16.7 Å². The Labute approximate surface area is 75.6 Å². The highest BCUT2D eigenvalue weighted by Crippen LogP contribution is 2.16. The van der Waals surface area contributed by atoms with Crippen molar-refractivity contribution in [3.63, 3.8) is 0 Å². The van der Waals surface area contributed by atoms with Crippen molar-refractivity contribution in [1.29, 1.82) is 0 Å². The molecule has 0 spiro atoms. The van der Waals surface area contributed by atoms with Crippen LogP contribution in [0.5, 0.6) is 5.75 Å². The topological polar surface area (TPSA) is 20.2 Å². The molecule has 0 aliphatic heterocycles. The summed E-state index contributed by atoms with van der Waals surface area (Å²) in [6, 6.07) is 0. The summed E-state index contributed by atoms with van der Waals surface area (Å²) < 4.78 is 0. The lowest BCUT2D eigenvalue weighted by atomic mass is 9.76. The van der Waals surface area contributed by atoms with Crippen molar-refractivity contribution in [2.24, 2.45) is 0 Å². The summed E-state index contributed by atoms with van der Waals surface area (Å²) in [4.78, 5) is 0. The van der Waals surface area contributed by atoms with Gasteiger partial charge >= 0.3 is 0 Å². The van der Waals surface area contributed by atoms with Crippen LogP contribution < -0.4 is 10.9 Å². The van der Waals surface area contributed by atoms with E-state index >= 15 is 0 Å². The number of hydrogen-bond acceptors (Lipinski definition) is 1. The quantitative estimate of drug-likeness (QED) is 0.520. The summed E-state index contributed by atoms with van der Waals surface area (Å²) in [6.07, 6.45) is 0. The molecule has 0 amide bonds. The molecule has 0 aromatic heterocycles. The SMILES string of the molecule is [B]c1c(C)c([B])c(O)c(C)c1C. The first-order chi connectivity index (χ1) is 5.46. The van der Waals surface area contributed by atoms with Gasteiger partial charge in [0.25, 0.3) is 0 Å². The standard InChI is InChI=1S/C9H10B2O/c1-4-5(2)9(12)8(11)6(3)7(4)10/h12H,1-3H3. The summed E-state index contributed by atoms with van der Waals surface area (Å²) in [5.74, 6) is 0.152. The molecule has 12 heavy (non-hydrogen) atoms. The van der Waals surface area contributed by atoms with E-state index in [1.54, 1.807) is 13.8 Å². The third kappa shape index (κ3) is 1.13. The molecule has 0 fully saturated rings. The van der Waals surface area contributed by atoms with Gasteiger partial charge in [-0.3, -0.25) is 0 Å². The van der Waals surface area contributed by atoms with Gasteiger partial charge in [-0.25, -0.2) is 0 Å². The van der Waals surface area contributed by atoms with E-state index in [0.29, 0.717) is 10.9 Å². The molecule has 3 heteroatoms. The molecule has 0 saturated carbocycles. The summed E-state index contributed by atoms with van der Waals surface area (Å²) in [7, 11) is 11.4. The van der Waals surface area contributed by atoms with Gasteiger partial charge in [-0.2, -0.15) is 0 Å². The fourth-order valence-electron chi connectivity index (χ4n) is 1.19. The maximum Gasteiger partial charge on any atom is 0.119 e. The van der Waals surface area contributed by atoms with Crippen molar-refractivity contribution in [3.05, 3.63) is 16.7 Å². The van der Waals surface area contributed by atoms with Crippen LogP contribution in [0.25, 0.3) is 0 Å². The van der Waals surface area contributed by atoms with Crippen molar-refractivity contribution in [2.45, 2.75) is 20.8 Å². The lowest BCUT2D eigenvalue weighted by Gasteiger charge is -2.14. The Balaban J connectivity index is 3.60. The van der Waals surface area contributed by atoms with Crippen LogP contribution in [-0.4, -0.2) is 20.8 Å². The molecule has 4 radical (unpaired) electrons. The first kappa shape index (κ1) is 9.24. The van der Waals surface area contributed by atoms with Gasteiger partial charge in [-0.05, 0) is 26.3 Å². The molecular formula is C9H10B2O. The van der Waals surface area contributed by atoms with Gasteiger partial charge < -0.3 is 5.11 Å². The summed E-state index contributed by atoms with van der Waals surface area (Å²) in [5.41, 5.74) is 3.48. The van der Waals surface area contributed by atoms with E-state index in [1.807, 2.05) is 6.92 Å². The summed E-state index contributed by atoms with van der Waals surface area (Å²) in [5, 5.41) is 9.51. The third-order valence-electron chi connectivity index (χ3n) is 2.38. The molecule has 0 bridgehead atoms. The second-order valence-corrected chi connectivity index (χ2v) is 3.05. The van der Waals surface area contributed by atoms with Gasteiger partial charge in [-0.15, -0.1) is 0 Å². The van der Waals surface area contributed by atoms with Crippen molar-refractivity contribution in [3.8, 4) is 5.75 Å². The number of benzene rings is 1. The molecule has 0 saturated heterocycles. The molecule has 0 aliphatic rings. The van der Waals surface area contributed by atoms with E-state index < -0.39 is 0 Å². The zero-order chi connectivity index (χ0) is 9.46. The molecule has 0 atom stereocenters. The fourth-order valence-corrected chi connectivity index (χ4v) is 1.19. The highest BCUT2D eigenvalue weighted by molar-refractivity contribution is 6.41. The summed E-state index contributed by atoms with van der Waals surface area (Å²) in [6.45, 7) is 5.48. The van der Waals surface area contributed by atoms with Gasteiger partial charge in [0, 0.05) is 0 Å². The fraction of sp³-hybridized carbons (Fsp3) is 0.333. The minimum atomic E-state index is 0.152. The van der Waals surface area contributed by atoms with Crippen LogP contribution in [0.4, 0.5) is 0 Å². The van der Waals surface area contributed by atoms with Crippen molar-refractivity contribution >= 4 is 26.6 Å². The van der Waals surface area contributed by atoms with Crippen LogP contribution >= 0.6 is 0 Å². The van der Waals surface area contributed by atoms with E-state index in [2.05, 4.69) is 0 Å². The first-order valence-electron chi connectivity index (χ1n) is 3.80. The first-order valence-corrected chi connectivity index (χ1v) is 3.80. The molecule has 1 aromatic rings. The molecular weight excluding hydrogens is 146 g/mol. The minimum Gasteiger partial charge on any atom is -0.508 e. The summed E-state index contributed by atoms with van der Waals surface area (Å²) >= 11 is 0. The molecule has 1 N–H and O–H groups in total. The van der Waals surface area contributed by atoms with Gasteiger partial charge in [0.15, 0.2) is 0 Å².